The van der Waals surface area contributed by atoms with E-state index in [4.69, 9.17) is 16.6 Å². The predicted octanol–water partition coefficient (Wildman–Crippen LogP) is 7.96. The van der Waals surface area contributed by atoms with Gasteiger partial charge in [0.25, 0.3) is 0 Å². The predicted molar refractivity (Wildman–Crippen MR) is 170 cm³/mol. The molecular weight excluding hydrogens is 550 g/mol. The van der Waals surface area contributed by atoms with Crippen LogP contribution in [0.25, 0.3) is 0 Å². The molecule has 0 radical (unpaired) electrons. The average molecular weight is 578 g/mol. The van der Waals surface area contributed by atoms with Crippen molar-refractivity contribution in [2.45, 2.75) is 22.8 Å². The maximum absolute atomic E-state index is 13.9. The molecule has 6 aromatic rings. The van der Waals surface area contributed by atoms with Gasteiger partial charge in [-0.05, 0) is 52.4 Å². The third-order valence-electron chi connectivity index (χ3n) is 9.48. The standard InChI is InChI=1S/C38H28ClN3O/c39-31-22-20-27(21-23-31)36(25-37(36)32-18-10-11-19-33(32)41-35(37)43)34-24-42(26-40-34)38(28-12-4-1-5-13-28,29-14-6-2-7-15-29)30-16-8-3-9-17-30/h1-24,26H,25H2,(H,41,43)/t36-,37+/m1/s1. The molecule has 2 atom stereocenters. The SMILES string of the molecule is O=C1Nc2ccccc2[C@@]12C[C@@]2(c1ccc(Cl)cc1)c1cn(C(c2ccccc2)(c2ccccc2)c2ccccc2)cn1. The Kier molecular flexibility index (Phi) is 5.72. The normalized spacial score (nSPS) is 20.5. The smallest absolute Gasteiger partial charge is 0.236 e. The molecule has 208 valence electrons. The second-order valence-electron chi connectivity index (χ2n) is 11.5. The van der Waals surface area contributed by atoms with Gasteiger partial charge in [0.1, 0.15) is 5.54 Å². The van der Waals surface area contributed by atoms with Crippen molar-refractivity contribution < 1.29 is 4.79 Å². The molecule has 1 N–H and O–H groups in total. The van der Waals surface area contributed by atoms with Gasteiger partial charge in [-0.1, -0.05) is 133 Å². The summed E-state index contributed by atoms with van der Waals surface area (Å²) in [5.74, 6) is 0.0126. The van der Waals surface area contributed by atoms with Crippen LogP contribution >= 0.6 is 11.6 Å². The lowest BCUT2D eigenvalue weighted by molar-refractivity contribution is -0.118. The summed E-state index contributed by atoms with van der Waals surface area (Å²) in [7, 11) is 0. The van der Waals surface area contributed by atoms with E-state index >= 15 is 0 Å². The summed E-state index contributed by atoms with van der Waals surface area (Å²) in [5, 5.41) is 3.83. The molecule has 0 bridgehead atoms. The number of nitrogens with zero attached hydrogens (tertiary/aromatic N) is 2. The molecule has 2 aliphatic rings. The molecule has 8 rings (SSSR count). The van der Waals surface area contributed by atoms with Crippen molar-refractivity contribution in [3.63, 3.8) is 0 Å². The van der Waals surface area contributed by atoms with Gasteiger partial charge in [-0.25, -0.2) is 4.98 Å². The fraction of sp³-hybridized carbons (Fsp3) is 0.105. The zero-order valence-corrected chi connectivity index (χ0v) is 24.1. The number of rotatable bonds is 6. The van der Waals surface area contributed by atoms with Crippen LogP contribution in [0.3, 0.4) is 0 Å². The number of fused-ring (bicyclic) bond motifs is 2. The first-order valence-electron chi connectivity index (χ1n) is 14.5. The largest absolute Gasteiger partial charge is 0.325 e. The fourth-order valence-corrected chi connectivity index (χ4v) is 7.65. The Morgan fingerprint density at radius 3 is 1.79 bits per heavy atom. The number of nitrogens with one attached hydrogen (secondary N) is 1. The molecule has 2 heterocycles. The highest BCUT2D eigenvalue weighted by atomic mass is 35.5. The summed E-state index contributed by atoms with van der Waals surface area (Å²) in [6.45, 7) is 0. The Labute approximate surface area is 255 Å². The first-order valence-corrected chi connectivity index (χ1v) is 14.9. The highest BCUT2D eigenvalue weighted by Gasteiger charge is 2.77. The highest BCUT2D eigenvalue weighted by Crippen LogP contribution is 2.71. The molecule has 1 spiro atoms. The van der Waals surface area contributed by atoms with Gasteiger partial charge in [-0.15, -0.1) is 0 Å². The lowest BCUT2D eigenvalue weighted by atomic mass is 9.76. The van der Waals surface area contributed by atoms with Gasteiger partial charge in [0.2, 0.25) is 5.91 Å². The summed E-state index contributed by atoms with van der Waals surface area (Å²) in [6, 6.07) is 47.6. The van der Waals surface area contributed by atoms with Gasteiger partial charge >= 0.3 is 0 Å². The zero-order chi connectivity index (χ0) is 29.1. The van der Waals surface area contributed by atoms with Gasteiger partial charge in [0, 0.05) is 16.9 Å². The molecule has 0 unspecified atom stereocenters. The minimum Gasteiger partial charge on any atom is -0.325 e. The number of imidazole rings is 1. The first kappa shape index (κ1) is 25.8. The van der Waals surface area contributed by atoms with Crippen LogP contribution in [0.15, 0.2) is 152 Å². The average Bonchev–Trinajstić information content (AvgIpc) is 3.37. The van der Waals surface area contributed by atoms with E-state index in [9.17, 15) is 4.79 Å². The molecule has 1 aromatic heterocycles. The molecule has 43 heavy (non-hydrogen) atoms. The highest BCUT2D eigenvalue weighted by molar-refractivity contribution is 6.30. The van der Waals surface area contributed by atoms with Gasteiger partial charge in [-0.2, -0.15) is 0 Å². The molecule has 1 fully saturated rings. The Balaban J connectivity index is 1.40. The number of hydrogen-bond donors (Lipinski definition) is 1. The molecule has 1 amide bonds. The Morgan fingerprint density at radius 2 is 1.21 bits per heavy atom. The minimum atomic E-state index is -0.758. The Hall–Kier alpha value is -4.93. The monoisotopic (exact) mass is 577 g/mol. The molecule has 5 aromatic carbocycles. The van der Waals surface area contributed by atoms with Crippen molar-refractivity contribution in [1.82, 2.24) is 9.55 Å². The lowest BCUT2D eigenvalue weighted by Gasteiger charge is -2.37. The van der Waals surface area contributed by atoms with E-state index in [0.717, 1.165) is 39.2 Å². The second kappa shape index (κ2) is 9.55. The number of para-hydroxylation sites is 1. The number of carbonyl (C=O) groups excluding carboxylic acids is 1. The van der Waals surface area contributed by atoms with Gasteiger partial charge in [0.05, 0.1) is 22.9 Å². The van der Waals surface area contributed by atoms with Crippen LogP contribution in [0, 0.1) is 0 Å². The van der Waals surface area contributed by atoms with E-state index in [2.05, 4.69) is 94.9 Å². The van der Waals surface area contributed by atoms with Gasteiger partial charge in [0.15, 0.2) is 0 Å². The Morgan fingerprint density at radius 1 is 0.674 bits per heavy atom. The summed E-state index contributed by atoms with van der Waals surface area (Å²) in [4.78, 5) is 19.1. The number of aromatic nitrogens is 2. The van der Waals surface area contributed by atoms with Gasteiger partial charge < -0.3 is 9.88 Å². The second-order valence-corrected chi connectivity index (χ2v) is 11.9. The number of benzene rings is 5. The van der Waals surface area contributed by atoms with Crippen LogP contribution in [0.2, 0.25) is 5.02 Å². The maximum atomic E-state index is 13.9. The fourth-order valence-electron chi connectivity index (χ4n) is 7.52. The molecule has 1 aliphatic carbocycles. The van der Waals surface area contributed by atoms with E-state index in [-0.39, 0.29) is 5.91 Å². The van der Waals surface area contributed by atoms with Crippen LogP contribution < -0.4 is 5.32 Å². The number of hydrogen-bond acceptors (Lipinski definition) is 2. The molecule has 1 saturated carbocycles. The summed E-state index contributed by atoms with van der Waals surface area (Å²) >= 11 is 6.36. The lowest BCUT2D eigenvalue weighted by Crippen LogP contribution is -2.37. The molecule has 4 nitrogen and oxygen atoms in total. The van der Waals surface area contributed by atoms with Gasteiger partial charge in [-0.3, -0.25) is 4.79 Å². The van der Waals surface area contributed by atoms with Crippen molar-refractivity contribution in [2.75, 3.05) is 5.32 Å². The molecule has 5 heteroatoms. The number of halogens is 1. The van der Waals surface area contributed by atoms with E-state index in [1.807, 2.05) is 67.0 Å². The van der Waals surface area contributed by atoms with Crippen molar-refractivity contribution >= 4 is 23.2 Å². The number of carbonyl (C=O) groups is 1. The molecular formula is C38H28ClN3O. The van der Waals surface area contributed by atoms with Crippen LogP contribution in [0.4, 0.5) is 5.69 Å². The van der Waals surface area contributed by atoms with Crippen LogP contribution in [-0.4, -0.2) is 15.5 Å². The molecule has 0 saturated heterocycles. The summed E-state index contributed by atoms with van der Waals surface area (Å²) < 4.78 is 2.23. The summed E-state index contributed by atoms with van der Waals surface area (Å²) in [6.07, 6.45) is 4.71. The van der Waals surface area contributed by atoms with Crippen molar-refractivity contribution in [3.8, 4) is 0 Å². The quantitative estimate of drug-likeness (QED) is 0.204. The van der Waals surface area contributed by atoms with Crippen LogP contribution in [-0.2, 0) is 21.2 Å². The Bertz CT molecular complexity index is 1860. The zero-order valence-electron chi connectivity index (χ0n) is 23.3. The van der Waals surface area contributed by atoms with E-state index in [1.54, 1.807) is 0 Å². The van der Waals surface area contributed by atoms with Crippen LogP contribution in [0.5, 0.6) is 0 Å². The first-order chi connectivity index (χ1) is 21.1. The van der Waals surface area contributed by atoms with Crippen molar-refractivity contribution in [1.29, 1.82) is 0 Å². The van der Waals surface area contributed by atoms with Crippen molar-refractivity contribution in [2.24, 2.45) is 0 Å². The van der Waals surface area contributed by atoms with Crippen molar-refractivity contribution in [3.05, 3.63) is 191 Å². The van der Waals surface area contributed by atoms with E-state index in [0.29, 0.717) is 11.4 Å². The topological polar surface area (TPSA) is 46.9 Å². The van der Waals surface area contributed by atoms with E-state index < -0.39 is 16.4 Å². The minimum absolute atomic E-state index is 0.0126. The summed E-state index contributed by atoms with van der Waals surface area (Å²) in [5.41, 5.74) is 5.01. The molecule has 1 aliphatic heterocycles. The number of anilines is 1. The third kappa shape index (κ3) is 3.50. The van der Waals surface area contributed by atoms with Crippen LogP contribution in [0.1, 0.15) is 39.9 Å². The maximum Gasteiger partial charge on any atom is 0.236 e. The third-order valence-corrected chi connectivity index (χ3v) is 9.73. The number of amides is 1. The van der Waals surface area contributed by atoms with E-state index in [1.165, 1.54) is 0 Å².